The molecule has 0 aromatic rings. The molecule has 8 heteroatoms. The third-order valence-corrected chi connectivity index (χ3v) is 2.60. The van der Waals surface area contributed by atoms with Gasteiger partial charge in [-0.1, -0.05) is 0 Å². The first-order valence-corrected chi connectivity index (χ1v) is 5.03. The molecule has 2 atom stereocenters. The van der Waals surface area contributed by atoms with E-state index in [4.69, 9.17) is 0 Å². The monoisotopic (exact) mass is 505 g/mol. The molecule has 0 bridgehead atoms. The molecule has 0 saturated carbocycles. The molecule has 0 aliphatic heterocycles. The van der Waals surface area contributed by atoms with Crippen LogP contribution in [0.2, 0.25) is 0 Å². The van der Waals surface area contributed by atoms with Crippen LogP contribution in [0.1, 0.15) is 32.6 Å². The molecule has 0 heterocycles. The molecule has 18 heavy (non-hydrogen) atoms. The predicted octanol–water partition coefficient (Wildman–Crippen LogP) is 4.85. The van der Waals surface area contributed by atoms with Crippen LogP contribution >= 0.6 is 0 Å². The maximum atomic E-state index is 13.0. The van der Waals surface area contributed by atoms with Gasteiger partial charge in [-0.25, -0.2) is 4.39 Å². The van der Waals surface area contributed by atoms with Gasteiger partial charge in [0.05, 0.1) is 0 Å². The molecule has 0 nitrogen and oxygen atoms in total. The van der Waals surface area contributed by atoms with E-state index in [0.717, 1.165) is 0 Å². The summed E-state index contributed by atoms with van der Waals surface area (Å²) in [4.78, 5) is 0. The Morgan fingerprint density at radius 2 is 1.44 bits per heavy atom. The van der Waals surface area contributed by atoms with Crippen LogP contribution in [0.15, 0.2) is 0 Å². The first-order chi connectivity index (χ1) is 7.42. The Bertz CT molecular complexity index is 231. The largest absolute Gasteiger partial charge is 0.422 e. The maximum absolute atomic E-state index is 13.0. The van der Waals surface area contributed by atoms with Gasteiger partial charge in [0.15, 0.2) is 0 Å². The van der Waals surface area contributed by atoms with Gasteiger partial charge in [-0.3, -0.25) is 0 Å². The van der Waals surface area contributed by atoms with Crippen LogP contribution in [-0.4, -0.2) is 18.0 Å². The fraction of sp³-hybridized carbons (Fsp3) is 0.900. The molecule has 0 saturated heterocycles. The van der Waals surface area contributed by atoms with Crippen molar-refractivity contribution in [3.63, 3.8) is 0 Å². The zero-order valence-corrected chi connectivity index (χ0v) is 13.9. The Morgan fingerprint density at radius 3 is 1.72 bits per heavy atom. The molecule has 0 fully saturated rings. The van der Waals surface area contributed by atoms with Gasteiger partial charge in [-0.15, -0.1) is 0 Å². The van der Waals surface area contributed by atoms with Gasteiger partial charge in [-0.2, -0.15) is 32.8 Å². The Kier molecular flexibility index (Phi) is 8.55. The first kappa shape index (κ1) is 20.9. The predicted molar refractivity (Wildman–Crippen MR) is 48.9 cm³/mol. The summed E-state index contributed by atoms with van der Waals surface area (Å²) < 4.78 is 85.9. The smallest absolute Gasteiger partial charge is 0.343 e. The minimum Gasteiger partial charge on any atom is -0.343 e. The van der Waals surface area contributed by atoms with Crippen molar-refractivity contribution in [3.05, 3.63) is 6.92 Å². The number of hydrogen-bond acceptors (Lipinski definition) is 0. The fourth-order valence-electron chi connectivity index (χ4n) is 1.29. The Labute approximate surface area is 125 Å². The third-order valence-electron chi connectivity index (χ3n) is 2.60. The summed E-state index contributed by atoms with van der Waals surface area (Å²) in [5.41, 5.74) is -3.44. The topological polar surface area (TPSA) is 0 Å². The van der Waals surface area contributed by atoms with E-state index < -0.39 is 49.6 Å². The molecule has 2 unspecified atom stereocenters. The molecular formula is C10H14F7U-. The Balaban J connectivity index is 0. The van der Waals surface area contributed by atoms with Crippen molar-refractivity contribution in [1.29, 1.82) is 0 Å². The fourth-order valence-corrected chi connectivity index (χ4v) is 1.29. The normalized spacial score (nSPS) is 17.8. The van der Waals surface area contributed by atoms with Gasteiger partial charge in [-0.05, 0) is 26.2 Å². The number of rotatable bonds is 5. The van der Waals surface area contributed by atoms with E-state index in [2.05, 4.69) is 6.92 Å². The van der Waals surface area contributed by atoms with Crippen LogP contribution in [0.3, 0.4) is 0 Å². The van der Waals surface area contributed by atoms with Crippen molar-refractivity contribution >= 4 is 0 Å². The van der Waals surface area contributed by atoms with Crippen molar-refractivity contribution < 1.29 is 61.8 Å². The second-order valence-electron chi connectivity index (χ2n) is 4.11. The van der Waals surface area contributed by atoms with Crippen molar-refractivity contribution in [3.8, 4) is 0 Å². The average Bonchev–Trinajstić information content (AvgIpc) is 2.08. The molecule has 0 amide bonds. The summed E-state index contributed by atoms with van der Waals surface area (Å²) in [6, 6.07) is 0. The number of alkyl halides is 7. The summed E-state index contributed by atoms with van der Waals surface area (Å²) in [7, 11) is 0. The van der Waals surface area contributed by atoms with Crippen LogP contribution in [0.25, 0.3) is 0 Å². The molecule has 0 aromatic heterocycles. The van der Waals surface area contributed by atoms with Crippen molar-refractivity contribution in [1.82, 2.24) is 0 Å². The summed E-state index contributed by atoms with van der Waals surface area (Å²) in [5, 5.41) is 0. The second-order valence-corrected chi connectivity index (χ2v) is 4.11. The van der Waals surface area contributed by atoms with Gasteiger partial charge >= 0.3 is 12.4 Å². The van der Waals surface area contributed by atoms with Crippen LogP contribution < -0.4 is 0 Å². The number of halogens is 7. The average molecular weight is 505 g/mol. The zero-order valence-electron chi connectivity index (χ0n) is 9.76. The van der Waals surface area contributed by atoms with Gasteiger partial charge in [0.2, 0.25) is 5.67 Å². The van der Waals surface area contributed by atoms with Gasteiger partial charge in [0.25, 0.3) is 0 Å². The van der Waals surface area contributed by atoms with Crippen LogP contribution in [0.4, 0.5) is 30.7 Å². The molecule has 0 spiro atoms. The van der Waals surface area contributed by atoms with E-state index in [9.17, 15) is 30.7 Å². The molecule has 0 aliphatic rings. The summed E-state index contributed by atoms with van der Waals surface area (Å²) in [6.45, 7) is 3.41. The van der Waals surface area contributed by atoms with E-state index in [0.29, 0.717) is 6.92 Å². The second kappa shape index (κ2) is 7.37. The summed E-state index contributed by atoms with van der Waals surface area (Å²) in [6.07, 6.45) is -12.0. The van der Waals surface area contributed by atoms with Gasteiger partial charge in [0, 0.05) is 37.0 Å². The molecular weight excluding hydrogens is 491 g/mol. The van der Waals surface area contributed by atoms with Crippen molar-refractivity contribution in [2.24, 2.45) is 5.92 Å². The zero-order chi connectivity index (χ0) is 13.9. The van der Waals surface area contributed by atoms with E-state index in [1.54, 1.807) is 0 Å². The molecule has 0 radical (unpaired) electrons. The maximum Gasteiger partial charge on any atom is 0.422 e. The van der Waals surface area contributed by atoms with Gasteiger partial charge < -0.3 is 6.92 Å². The van der Waals surface area contributed by atoms with Gasteiger partial charge in [0.1, 0.15) is 0 Å². The van der Waals surface area contributed by atoms with E-state index in [1.165, 1.54) is 0 Å². The molecule has 0 rings (SSSR count). The Hall–Kier alpha value is 0.562. The minimum absolute atomic E-state index is 0. The molecule has 0 aliphatic carbocycles. The Morgan fingerprint density at radius 1 is 1.00 bits per heavy atom. The van der Waals surface area contributed by atoms with E-state index >= 15 is 0 Å². The molecule has 0 N–H and O–H groups in total. The standard InChI is InChI=1S/C10H14F7.U/c1-3-7(9(12,13)14)5-4-6-8(2,11)10(15,16)17;/h7H,1,3-6H2,2H3;/q-1;. The SMILES string of the molecule is [CH2-]CC(CCCC(C)(F)C(F)(F)F)C(F)(F)F.[U]. The summed E-state index contributed by atoms with van der Waals surface area (Å²) >= 11 is 0. The molecule has 108 valence electrons. The van der Waals surface area contributed by atoms with Crippen molar-refractivity contribution in [2.75, 3.05) is 0 Å². The molecule has 0 aromatic carbocycles. The van der Waals surface area contributed by atoms with E-state index in [-0.39, 0.29) is 31.1 Å². The van der Waals surface area contributed by atoms with E-state index in [1.807, 2.05) is 0 Å². The first-order valence-electron chi connectivity index (χ1n) is 5.03. The van der Waals surface area contributed by atoms with Crippen LogP contribution in [-0.2, 0) is 0 Å². The van der Waals surface area contributed by atoms with Crippen molar-refractivity contribution in [2.45, 2.75) is 50.6 Å². The number of hydrogen-bond donors (Lipinski definition) is 0. The quantitative estimate of drug-likeness (QED) is 0.371. The van der Waals surface area contributed by atoms with Crippen LogP contribution in [0, 0.1) is 44.0 Å². The van der Waals surface area contributed by atoms with Crippen LogP contribution in [0.5, 0.6) is 0 Å². The minimum atomic E-state index is -5.05. The summed E-state index contributed by atoms with van der Waals surface area (Å²) in [5.74, 6) is -1.77. The third kappa shape index (κ3) is 6.65.